The van der Waals surface area contributed by atoms with Gasteiger partial charge in [-0.1, -0.05) is 25.1 Å². The van der Waals surface area contributed by atoms with Gasteiger partial charge in [0.25, 0.3) is 0 Å². The predicted molar refractivity (Wildman–Crippen MR) is 81.4 cm³/mol. The van der Waals surface area contributed by atoms with Crippen molar-refractivity contribution in [3.8, 4) is 0 Å². The molecule has 1 aliphatic rings. The zero-order valence-corrected chi connectivity index (χ0v) is 12.1. The molecule has 3 rings (SSSR count). The molecule has 1 aliphatic carbocycles. The number of hydrogen-bond donors (Lipinski definition) is 1. The first-order chi connectivity index (χ1) is 10.2. The maximum atomic E-state index is 14.5. The van der Waals surface area contributed by atoms with Crippen LogP contribution < -0.4 is 10.6 Å². The highest BCUT2D eigenvalue weighted by Gasteiger charge is 2.32. The summed E-state index contributed by atoms with van der Waals surface area (Å²) in [7, 11) is 0. The van der Waals surface area contributed by atoms with Crippen molar-refractivity contribution in [3.63, 3.8) is 0 Å². The number of benzene rings is 1. The van der Waals surface area contributed by atoms with Gasteiger partial charge in [-0.25, -0.2) is 14.4 Å². The van der Waals surface area contributed by atoms with Crippen LogP contribution in [0.5, 0.6) is 0 Å². The Morgan fingerprint density at radius 2 is 2.05 bits per heavy atom. The van der Waals surface area contributed by atoms with Crippen molar-refractivity contribution < 1.29 is 4.39 Å². The van der Waals surface area contributed by atoms with Gasteiger partial charge in [-0.15, -0.1) is 0 Å². The molecule has 4 nitrogen and oxygen atoms in total. The van der Waals surface area contributed by atoms with E-state index in [0.717, 1.165) is 24.1 Å². The summed E-state index contributed by atoms with van der Waals surface area (Å²) in [5.41, 5.74) is 8.20. The third-order valence-electron chi connectivity index (χ3n) is 3.83. The number of hydrogen-bond acceptors (Lipinski definition) is 4. The molecule has 1 fully saturated rings. The summed E-state index contributed by atoms with van der Waals surface area (Å²) in [6, 6.07) is 8.04. The van der Waals surface area contributed by atoms with Gasteiger partial charge in [-0.2, -0.15) is 0 Å². The van der Waals surface area contributed by atoms with Gasteiger partial charge >= 0.3 is 0 Å². The van der Waals surface area contributed by atoms with E-state index in [-0.39, 0.29) is 5.82 Å². The van der Waals surface area contributed by atoms with E-state index in [1.165, 1.54) is 6.33 Å². The highest BCUT2D eigenvalue weighted by atomic mass is 19.1. The molecule has 0 bridgehead atoms. The SMILES string of the molecule is CCc1ncnc(N(Cc2ccccc2N)C2CC2)c1F. The van der Waals surface area contributed by atoms with Gasteiger partial charge in [0, 0.05) is 18.3 Å². The third-order valence-corrected chi connectivity index (χ3v) is 3.83. The smallest absolute Gasteiger partial charge is 0.187 e. The number of anilines is 2. The molecule has 1 aromatic heterocycles. The summed E-state index contributed by atoms with van der Waals surface area (Å²) in [6.45, 7) is 2.47. The molecule has 110 valence electrons. The largest absolute Gasteiger partial charge is 0.398 e. The zero-order valence-electron chi connectivity index (χ0n) is 12.1. The average Bonchev–Trinajstić information content (AvgIpc) is 3.32. The first kappa shape index (κ1) is 13.8. The van der Waals surface area contributed by atoms with Gasteiger partial charge in [0.15, 0.2) is 11.6 Å². The minimum Gasteiger partial charge on any atom is -0.398 e. The Morgan fingerprint density at radius 1 is 1.29 bits per heavy atom. The second kappa shape index (κ2) is 5.68. The fourth-order valence-electron chi connectivity index (χ4n) is 2.47. The minimum absolute atomic E-state index is 0.304. The standard InChI is InChI=1S/C16H19FN4/c1-2-14-15(17)16(20-10-19-14)21(12-7-8-12)9-11-5-3-4-6-13(11)18/h3-6,10,12H,2,7-9,18H2,1H3. The Morgan fingerprint density at radius 3 is 2.71 bits per heavy atom. The van der Waals surface area contributed by atoms with E-state index in [0.29, 0.717) is 30.5 Å². The molecule has 5 heteroatoms. The van der Waals surface area contributed by atoms with Crippen molar-refractivity contribution in [1.29, 1.82) is 0 Å². The lowest BCUT2D eigenvalue weighted by Gasteiger charge is -2.25. The fourth-order valence-corrected chi connectivity index (χ4v) is 2.47. The van der Waals surface area contributed by atoms with Crippen LogP contribution in [-0.2, 0) is 13.0 Å². The first-order valence-electron chi connectivity index (χ1n) is 7.30. The van der Waals surface area contributed by atoms with Gasteiger partial charge in [-0.3, -0.25) is 0 Å². The van der Waals surface area contributed by atoms with Gasteiger partial charge in [0.05, 0.1) is 5.69 Å². The summed E-state index contributed by atoms with van der Waals surface area (Å²) >= 11 is 0. The molecule has 21 heavy (non-hydrogen) atoms. The molecule has 1 saturated carbocycles. The second-order valence-electron chi connectivity index (χ2n) is 5.37. The Balaban J connectivity index is 1.94. The monoisotopic (exact) mass is 286 g/mol. The van der Waals surface area contributed by atoms with Crippen molar-refractivity contribution >= 4 is 11.5 Å². The summed E-state index contributed by atoms with van der Waals surface area (Å²) < 4.78 is 14.5. The van der Waals surface area contributed by atoms with Crippen molar-refractivity contribution in [2.24, 2.45) is 0 Å². The molecule has 0 aliphatic heterocycles. The number of aromatic nitrogens is 2. The molecule has 2 aromatic rings. The molecule has 0 saturated heterocycles. The topological polar surface area (TPSA) is 55.0 Å². The number of halogens is 1. The van der Waals surface area contributed by atoms with Crippen LogP contribution in [0.15, 0.2) is 30.6 Å². The van der Waals surface area contributed by atoms with Crippen LogP contribution >= 0.6 is 0 Å². The molecule has 0 atom stereocenters. The first-order valence-corrected chi connectivity index (χ1v) is 7.30. The van der Waals surface area contributed by atoms with E-state index in [4.69, 9.17) is 5.73 Å². The van der Waals surface area contributed by atoms with Crippen LogP contribution in [0.4, 0.5) is 15.9 Å². The summed E-state index contributed by atoms with van der Waals surface area (Å²) in [4.78, 5) is 10.2. The molecular weight excluding hydrogens is 267 g/mol. The summed E-state index contributed by atoms with van der Waals surface area (Å²) in [6.07, 6.45) is 4.14. The second-order valence-corrected chi connectivity index (χ2v) is 5.37. The molecule has 0 amide bonds. The maximum absolute atomic E-state index is 14.5. The molecular formula is C16H19FN4. The minimum atomic E-state index is -0.304. The fraction of sp³-hybridized carbons (Fsp3) is 0.375. The molecule has 0 spiro atoms. The Kier molecular flexibility index (Phi) is 3.73. The number of nitrogens with two attached hydrogens (primary N) is 1. The van der Waals surface area contributed by atoms with Gasteiger partial charge in [-0.05, 0) is 30.9 Å². The summed E-state index contributed by atoms with van der Waals surface area (Å²) in [5, 5.41) is 0. The highest BCUT2D eigenvalue weighted by Crippen LogP contribution is 2.34. The molecule has 0 radical (unpaired) electrons. The molecule has 2 N–H and O–H groups in total. The Bertz CT molecular complexity index is 640. The normalized spacial score (nSPS) is 14.2. The van der Waals surface area contributed by atoms with Crippen molar-refractivity contribution in [3.05, 3.63) is 47.7 Å². The quantitative estimate of drug-likeness (QED) is 0.859. The van der Waals surface area contributed by atoms with Gasteiger partial charge in [0.1, 0.15) is 6.33 Å². The van der Waals surface area contributed by atoms with Crippen molar-refractivity contribution in [2.45, 2.75) is 38.8 Å². The van der Waals surface area contributed by atoms with E-state index < -0.39 is 0 Å². The van der Waals surface area contributed by atoms with E-state index in [9.17, 15) is 4.39 Å². The summed E-state index contributed by atoms with van der Waals surface area (Å²) in [5.74, 6) is 0.0917. The van der Waals surface area contributed by atoms with E-state index in [2.05, 4.69) is 9.97 Å². The third kappa shape index (κ3) is 2.82. The van der Waals surface area contributed by atoms with Crippen LogP contribution in [0.2, 0.25) is 0 Å². The number of para-hydroxylation sites is 1. The van der Waals surface area contributed by atoms with Gasteiger partial charge < -0.3 is 10.6 Å². The van der Waals surface area contributed by atoms with E-state index in [1.807, 2.05) is 36.1 Å². The molecule has 1 aromatic carbocycles. The Labute approximate surface area is 123 Å². The van der Waals surface area contributed by atoms with E-state index in [1.54, 1.807) is 0 Å². The average molecular weight is 286 g/mol. The van der Waals surface area contributed by atoms with Crippen LogP contribution in [0.25, 0.3) is 0 Å². The highest BCUT2D eigenvalue weighted by molar-refractivity contribution is 5.51. The van der Waals surface area contributed by atoms with Crippen LogP contribution in [0, 0.1) is 5.82 Å². The number of aryl methyl sites for hydroxylation is 1. The molecule has 0 unspecified atom stereocenters. The van der Waals surface area contributed by atoms with Crippen LogP contribution in [-0.4, -0.2) is 16.0 Å². The molecule has 1 heterocycles. The lowest BCUT2D eigenvalue weighted by molar-refractivity contribution is 0.580. The van der Waals surface area contributed by atoms with Gasteiger partial charge in [0.2, 0.25) is 0 Å². The predicted octanol–water partition coefficient (Wildman–Crippen LogP) is 2.93. The maximum Gasteiger partial charge on any atom is 0.187 e. The lowest BCUT2D eigenvalue weighted by atomic mass is 10.1. The van der Waals surface area contributed by atoms with Crippen LogP contribution in [0.3, 0.4) is 0 Å². The number of nitrogen functional groups attached to an aromatic ring is 1. The number of rotatable bonds is 5. The van der Waals surface area contributed by atoms with E-state index >= 15 is 0 Å². The Hall–Kier alpha value is -2.17. The zero-order chi connectivity index (χ0) is 14.8. The number of nitrogens with zero attached hydrogens (tertiary/aromatic N) is 3. The van der Waals surface area contributed by atoms with Crippen molar-refractivity contribution in [1.82, 2.24) is 9.97 Å². The van der Waals surface area contributed by atoms with Crippen LogP contribution in [0.1, 0.15) is 31.0 Å². The van der Waals surface area contributed by atoms with Crippen molar-refractivity contribution in [2.75, 3.05) is 10.6 Å². The lowest BCUT2D eigenvalue weighted by Crippen LogP contribution is -2.28.